The van der Waals surface area contributed by atoms with Crippen molar-refractivity contribution in [1.82, 2.24) is 25.5 Å². The fourth-order valence-corrected chi connectivity index (χ4v) is 4.22. The van der Waals surface area contributed by atoms with Crippen LogP contribution in [0.3, 0.4) is 0 Å². The van der Waals surface area contributed by atoms with Crippen molar-refractivity contribution in [3.63, 3.8) is 0 Å². The number of likely N-dealkylation sites (tertiary alicyclic amines) is 1. The molecule has 3 aromatic rings. The zero-order chi connectivity index (χ0) is 24.1. The Labute approximate surface area is 196 Å². The lowest BCUT2D eigenvalue weighted by molar-refractivity contribution is -0.143. The number of carbonyl (C=O) groups is 3. The molecular formula is C25H27N5O4. The summed E-state index contributed by atoms with van der Waals surface area (Å²) in [6, 6.07) is 14.9. The summed E-state index contributed by atoms with van der Waals surface area (Å²) >= 11 is 0. The molecule has 0 bridgehead atoms. The molecule has 0 aliphatic carbocycles. The summed E-state index contributed by atoms with van der Waals surface area (Å²) in [6.45, 7) is 2.74. The minimum Gasteiger partial charge on any atom is -0.326 e. The Kier molecular flexibility index (Phi) is 7.01. The van der Waals surface area contributed by atoms with Gasteiger partial charge in [0, 0.05) is 24.9 Å². The van der Waals surface area contributed by atoms with Crippen LogP contribution in [0.25, 0.3) is 10.8 Å². The molecule has 1 aliphatic heterocycles. The van der Waals surface area contributed by atoms with Crippen LogP contribution in [0.15, 0.2) is 59.4 Å². The number of hydrogen-bond donors (Lipinski definition) is 2. The van der Waals surface area contributed by atoms with Crippen LogP contribution in [-0.2, 0) is 16.1 Å². The Morgan fingerprint density at radius 1 is 0.971 bits per heavy atom. The number of piperidine rings is 1. The topological polar surface area (TPSA) is 113 Å². The summed E-state index contributed by atoms with van der Waals surface area (Å²) in [5, 5.41) is 5.03. The smallest absolute Gasteiger partial charge is 0.290 e. The Balaban J connectivity index is 1.60. The lowest BCUT2D eigenvalue weighted by Gasteiger charge is -2.34. The largest absolute Gasteiger partial charge is 0.326 e. The van der Waals surface area contributed by atoms with E-state index in [2.05, 4.69) is 16.0 Å². The molecule has 1 unspecified atom stereocenters. The molecule has 1 saturated heterocycles. The number of carbonyl (C=O) groups excluding carboxylic acids is 3. The second-order valence-corrected chi connectivity index (χ2v) is 8.22. The minimum atomic E-state index is -0.868. The van der Waals surface area contributed by atoms with E-state index in [4.69, 9.17) is 0 Å². The summed E-state index contributed by atoms with van der Waals surface area (Å²) in [5.41, 5.74) is 5.32. The van der Waals surface area contributed by atoms with Crippen LogP contribution < -0.4 is 16.4 Å². The predicted octanol–water partition coefficient (Wildman–Crippen LogP) is 2.32. The van der Waals surface area contributed by atoms with E-state index >= 15 is 0 Å². The van der Waals surface area contributed by atoms with Gasteiger partial charge in [-0.25, -0.2) is 4.68 Å². The van der Waals surface area contributed by atoms with E-state index in [0.29, 0.717) is 42.3 Å². The van der Waals surface area contributed by atoms with E-state index in [9.17, 15) is 19.2 Å². The Morgan fingerprint density at radius 2 is 1.68 bits per heavy atom. The molecule has 4 rings (SSSR count). The highest BCUT2D eigenvalue weighted by Gasteiger charge is 2.33. The summed E-state index contributed by atoms with van der Waals surface area (Å²) in [6.07, 6.45) is 2.66. The normalized spacial score (nSPS) is 14.6. The van der Waals surface area contributed by atoms with E-state index in [1.165, 1.54) is 4.68 Å². The molecule has 176 valence electrons. The highest BCUT2D eigenvalue weighted by Crippen LogP contribution is 2.25. The molecule has 1 aliphatic rings. The maximum absolute atomic E-state index is 13.2. The molecule has 1 atom stereocenters. The molecule has 0 radical (unpaired) electrons. The number of fused-ring (bicyclic) bond motifs is 1. The summed E-state index contributed by atoms with van der Waals surface area (Å²) in [5.74, 6) is -1.27. The van der Waals surface area contributed by atoms with Crippen LogP contribution in [0, 0.1) is 0 Å². The summed E-state index contributed by atoms with van der Waals surface area (Å²) in [7, 11) is 0. The molecule has 2 heterocycles. The third-order valence-electron chi connectivity index (χ3n) is 5.85. The van der Waals surface area contributed by atoms with Crippen LogP contribution in [0.1, 0.15) is 54.7 Å². The first kappa shape index (κ1) is 23.2. The third-order valence-corrected chi connectivity index (χ3v) is 5.85. The second kappa shape index (κ2) is 10.3. The molecule has 9 heteroatoms. The number of benzene rings is 2. The van der Waals surface area contributed by atoms with Gasteiger partial charge in [0.1, 0.15) is 6.04 Å². The zero-order valence-electron chi connectivity index (χ0n) is 19.0. The van der Waals surface area contributed by atoms with E-state index in [0.717, 1.165) is 12.8 Å². The van der Waals surface area contributed by atoms with Crippen molar-refractivity contribution in [2.75, 3.05) is 6.54 Å². The average molecular weight is 462 g/mol. The maximum atomic E-state index is 13.2. The summed E-state index contributed by atoms with van der Waals surface area (Å²) in [4.78, 5) is 53.1. The van der Waals surface area contributed by atoms with Gasteiger partial charge in [-0.1, -0.05) is 55.5 Å². The van der Waals surface area contributed by atoms with Crippen LogP contribution in [0.5, 0.6) is 0 Å². The molecule has 2 N–H and O–H groups in total. The van der Waals surface area contributed by atoms with Gasteiger partial charge in [-0.15, -0.1) is 0 Å². The molecule has 2 aromatic carbocycles. The van der Waals surface area contributed by atoms with E-state index < -0.39 is 17.9 Å². The van der Waals surface area contributed by atoms with Gasteiger partial charge in [0.05, 0.1) is 5.39 Å². The monoisotopic (exact) mass is 461 g/mol. The fourth-order valence-electron chi connectivity index (χ4n) is 4.22. The van der Waals surface area contributed by atoms with Crippen LogP contribution in [-0.4, -0.2) is 38.9 Å². The average Bonchev–Trinajstić information content (AvgIpc) is 2.86. The van der Waals surface area contributed by atoms with Gasteiger partial charge in [-0.2, -0.15) is 5.10 Å². The first-order chi connectivity index (χ1) is 16.5. The molecule has 3 amide bonds. The first-order valence-corrected chi connectivity index (χ1v) is 11.5. The lowest BCUT2D eigenvalue weighted by atomic mass is 10.0. The van der Waals surface area contributed by atoms with Crippen molar-refractivity contribution in [2.45, 2.75) is 45.2 Å². The predicted molar refractivity (Wildman–Crippen MR) is 127 cm³/mol. The standard InChI is InChI=1S/C25H27N5O4/c1-2-15-30-25(34)19-13-7-6-12-18(19)21(28-30)23(32)26-27-24(33)22(17-10-4-3-5-11-17)29-16-9-8-14-20(29)31/h3-7,10-13,22H,2,8-9,14-16H2,1H3,(H,26,32)(H,27,33). The number of aryl methyl sites for hydroxylation is 1. The quantitative estimate of drug-likeness (QED) is 0.547. The number of nitrogens with zero attached hydrogens (tertiary/aromatic N) is 3. The first-order valence-electron chi connectivity index (χ1n) is 11.5. The number of aromatic nitrogens is 2. The number of hydrogen-bond acceptors (Lipinski definition) is 5. The van der Waals surface area contributed by atoms with Crippen molar-refractivity contribution in [1.29, 1.82) is 0 Å². The third kappa shape index (κ3) is 4.68. The van der Waals surface area contributed by atoms with Gasteiger partial charge in [0.25, 0.3) is 17.4 Å². The van der Waals surface area contributed by atoms with Crippen molar-refractivity contribution in [2.24, 2.45) is 0 Å². The molecule has 1 fully saturated rings. The SMILES string of the molecule is CCCn1nc(C(=O)NNC(=O)C(c2ccccc2)N2CCCCC2=O)c2ccccc2c1=O. The Hall–Kier alpha value is -4.01. The zero-order valence-corrected chi connectivity index (χ0v) is 19.0. The molecule has 0 spiro atoms. The van der Waals surface area contributed by atoms with Crippen molar-refractivity contribution >= 4 is 28.5 Å². The van der Waals surface area contributed by atoms with E-state index in [-0.39, 0.29) is 17.2 Å². The highest BCUT2D eigenvalue weighted by molar-refractivity contribution is 6.05. The fraction of sp³-hybridized carbons (Fsp3) is 0.320. The van der Waals surface area contributed by atoms with Gasteiger partial charge >= 0.3 is 0 Å². The number of nitrogens with one attached hydrogen (secondary N) is 2. The number of rotatable bonds is 6. The van der Waals surface area contributed by atoms with Crippen molar-refractivity contribution < 1.29 is 14.4 Å². The number of amides is 3. The molecule has 34 heavy (non-hydrogen) atoms. The Bertz CT molecular complexity index is 1270. The van der Waals surface area contributed by atoms with E-state index in [1.54, 1.807) is 53.4 Å². The molecule has 9 nitrogen and oxygen atoms in total. The van der Waals surface area contributed by atoms with Gasteiger partial charge in [-0.3, -0.25) is 30.0 Å². The van der Waals surface area contributed by atoms with Gasteiger partial charge in [0.15, 0.2) is 5.69 Å². The molecular weight excluding hydrogens is 434 g/mol. The van der Waals surface area contributed by atoms with Crippen molar-refractivity contribution in [3.05, 3.63) is 76.2 Å². The Morgan fingerprint density at radius 3 is 2.38 bits per heavy atom. The number of hydrazine groups is 1. The van der Waals surface area contributed by atoms with Crippen LogP contribution in [0.2, 0.25) is 0 Å². The second-order valence-electron chi connectivity index (χ2n) is 8.22. The van der Waals surface area contributed by atoms with Gasteiger partial charge in [-0.05, 0) is 30.9 Å². The van der Waals surface area contributed by atoms with Crippen LogP contribution >= 0.6 is 0 Å². The maximum Gasteiger partial charge on any atom is 0.290 e. The van der Waals surface area contributed by atoms with Crippen LogP contribution in [0.4, 0.5) is 0 Å². The molecule has 0 saturated carbocycles. The van der Waals surface area contributed by atoms with E-state index in [1.807, 2.05) is 13.0 Å². The lowest BCUT2D eigenvalue weighted by Crippen LogP contribution is -2.50. The van der Waals surface area contributed by atoms with Crippen molar-refractivity contribution in [3.8, 4) is 0 Å². The van der Waals surface area contributed by atoms with Gasteiger partial charge in [0.2, 0.25) is 5.91 Å². The minimum absolute atomic E-state index is 0.0364. The van der Waals surface area contributed by atoms with Gasteiger partial charge < -0.3 is 4.90 Å². The highest BCUT2D eigenvalue weighted by atomic mass is 16.2. The summed E-state index contributed by atoms with van der Waals surface area (Å²) < 4.78 is 1.26. The molecule has 1 aromatic heterocycles.